The van der Waals surface area contributed by atoms with E-state index in [0.717, 1.165) is 0 Å². The number of halogens is 6. The summed E-state index contributed by atoms with van der Waals surface area (Å²) in [5, 5.41) is 12.4. The number of aliphatic hydroxyl groups is 1. The predicted molar refractivity (Wildman–Crippen MR) is 126 cm³/mol. The fraction of sp³-hybridized carbons (Fsp3) is 0.458. The molecular formula is C24H26ClF5N4O2. The van der Waals surface area contributed by atoms with E-state index in [-0.39, 0.29) is 18.7 Å². The van der Waals surface area contributed by atoms with Gasteiger partial charge in [0.1, 0.15) is 0 Å². The first kappa shape index (κ1) is 26.6. The lowest BCUT2D eigenvalue weighted by atomic mass is 10.1. The normalized spacial score (nSPS) is 17.8. The van der Waals surface area contributed by atoms with Gasteiger partial charge in [-0.1, -0.05) is 17.7 Å². The second-order valence-corrected chi connectivity index (χ2v) is 9.49. The lowest BCUT2D eigenvalue weighted by Crippen LogP contribution is -2.49. The molecule has 12 heteroatoms. The van der Waals surface area contributed by atoms with Crippen LogP contribution in [0.1, 0.15) is 22.3 Å². The Morgan fingerprint density at radius 3 is 2.36 bits per heavy atom. The maximum atomic E-state index is 14.8. The molecule has 4 rings (SSSR count). The average Bonchev–Trinajstić information content (AvgIpc) is 2.80. The summed E-state index contributed by atoms with van der Waals surface area (Å²) in [5.74, 6) is -3.22. The number of hydrogen-bond donors (Lipinski definition) is 2. The minimum atomic E-state index is -4.22. The van der Waals surface area contributed by atoms with E-state index in [1.807, 2.05) is 4.90 Å². The van der Waals surface area contributed by atoms with Gasteiger partial charge in [0.15, 0.2) is 11.6 Å². The fourth-order valence-electron chi connectivity index (χ4n) is 4.36. The minimum Gasteiger partial charge on any atom is -0.390 e. The quantitative estimate of drug-likeness (QED) is 0.526. The Morgan fingerprint density at radius 1 is 1.03 bits per heavy atom. The number of β-amino-alcohol motifs (C(OH)–C–C–N with tert-alkyl or cyclic N) is 1. The summed E-state index contributed by atoms with van der Waals surface area (Å²) in [6.45, 7) is 2.39. The van der Waals surface area contributed by atoms with Crippen molar-refractivity contribution < 1.29 is 31.9 Å². The molecule has 2 N–H and O–H groups in total. The molecule has 2 aromatic carbocycles. The Hall–Kier alpha value is -2.47. The smallest absolute Gasteiger partial charge is 0.390 e. The lowest BCUT2D eigenvalue weighted by Gasteiger charge is -2.37. The molecule has 2 aliphatic heterocycles. The Morgan fingerprint density at radius 2 is 1.72 bits per heavy atom. The summed E-state index contributed by atoms with van der Waals surface area (Å²) in [6.07, 6.45) is -5.57. The predicted octanol–water partition coefficient (Wildman–Crippen LogP) is 4.12. The Kier molecular flexibility index (Phi) is 8.03. The van der Waals surface area contributed by atoms with Gasteiger partial charge in [-0.3, -0.25) is 14.6 Å². The topological polar surface area (TPSA) is 59.1 Å². The third-order valence-electron chi connectivity index (χ3n) is 6.37. The standard InChI is InChI=1S/C24H26ClF5N4O2/c25-16-2-4-19(20(11-16)34-9-7-32(8-10-34)6-5-24(28,29)30)31-23(36)18-3-1-15(21(26)22(18)27)12-33-13-17(35)14-33/h1-4,11,17,35H,5-10,12-14H2,(H,31,36). The van der Waals surface area contributed by atoms with E-state index in [0.29, 0.717) is 55.7 Å². The number of rotatable bonds is 7. The number of nitrogens with zero attached hydrogens (tertiary/aromatic N) is 3. The van der Waals surface area contributed by atoms with Crippen LogP contribution < -0.4 is 10.2 Å². The summed E-state index contributed by atoms with van der Waals surface area (Å²) < 4.78 is 67.0. The van der Waals surface area contributed by atoms with Gasteiger partial charge in [-0.15, -0.1) is 0 Å². The monoisotopic (exact) mass is 532 g/mol. The van der Waals surface area contributed by atoms with Crippen LogP contribution in [0.3, 0.4) is 0 Å². The van der Waals surface area contributed by atoms with Crippen LogP contribution in [0.4, 0.5) is 33.3 Å². The highest BCUT2D eigenvalue weighted by Crippen LogP contribution is 2.31. The van der Waals surface area contributed by atoms with Crippen molar-refractivity contribution in [3.63, 3.8) is 0 Å². The molecule has 0 aliphatic carbocycles. The van der Waals surface area contributed by atoms with Crippen molar-refractivity contribution in [2.24, 2.45) is 0 Å². The molecule has 196 valence electrons. The molecule has 36 heavy (non-hydrogen) atoms. The van der Waals surface area contributed by atoms with Crippen LogP contribution in [-0.4, -0.2) is 78.9 Å². The van der Waals surface area contributed by atoms with Crippen molar-refractivity contribution in [1.82, 2.24) is 9.80 Å². The zero-order chi connectivity index (χ0) is 26.0. The van der Waals surface area contributed by atoms with Gasteiger partial charge in [0.05, 0.1) is 29.5 Å². The summed E-state index contributed by atoms with van der Waals surface area (Å²) in [6, 6.07) is 7.27. The zero-order valence-corrected chi connectivity index (χ0v) is 20.0. The molecule has 2 heterocycles. The SMILES string of the molecule is O=C(Nc1ccc(Cl)cc1N1CCN(CCC(F)(F)F)CC1)c1ccc(CN2CC(O)C2)c(F)c1F. The number of piperazine rings is 1. The van der Waals surface area contributed by atoms with Gasteiger partial charge in [0, 0.05) is 62.9 Å². The first-order valence-electron chi connectivity index (χ1n) is 11.5. The maximum absolute atomic E-state index is 14.8. The molecule has 2 aromatic rings. The van der Waals surface area contributed by atoms with Crippen molar-refractivity contribution in [1.29, 1.82) is 0 Å². The van der Waals surface area contributed by atoms with Gasteiger partial charge in [0.2, 0.25) is 0 Å². The van der Waals surface area contributed by atoms with Gasteiger partial charge in [-0.05, 0) is 24.3 Å². The highest BCUT2D eigenvalue weighted by molar-refractivity contribution is 6.31. The zero-order valence-electron chi connectivity index (χ0n) is 19.3. The van der Waals surface area contributed by atoms with Gasteiger partial charge in [-0.2, -0.15) is 13.2 Å². The van der Waals surface area contributed by atoms with E-state index < -0.39 is 41.8 Å². The molecule has 0 atom stereocenters. The highest BCUT2D eigenvalue weighted by atomic mass is 35.5. The molecule has 0 radical (unpaired) electrons. The van der Waals surface area contributed by atoms with Gasteiger partial charge in [-0.25, -0.2) is 8.78 Å². The van der Waals surface area contributed by atoms with E-state index in [9.17, 15) is 31.9 Å². The molecule has 2 aliphatic rings. The van der Waals surface area contributed by atoms with Crippen molar-refractivity contribution in [3.8, 4) is 0 Å². The summed E-state index contributed by atoms with van der Waals surface area (Å²) in [5.41, 5.74) is 0.496. The van der Waals surface area contributed by atoms with Crippen LogP contribution in [0, 0.1) is 11.6 Å². The van der Waals surface area contributed by atoms with E-state index in [2.05, 4.69) is 5.32 Å². The minimum absolute atomic E-state index is 0.0876. The molecule has 2 saturated heterocycles. The molecule has 1 amide bonds. The second-order valence-electron chi connectivity index (χ2n) is 9.06. The highest BCUT2D eigenvalue weighted by Gasteiger charge is 2.30. The van der Waals surface area contributed by atoms with E-state index in [1.54, 1.807) is 28.0 Å². The Bertz CT molecular complexity index is 1100. The Balaban J connectivity index is 1.44. The first-order chi connectivity index (χ1) is 17.0. The number of likely N-dealkylation sites (tertiary alicyclic amines) is 1. The largest absolute Gasteiger partial charge is 0.390 e. The number of carbonyl (C=O) groups excluding carboxylic acids is 1. The number of anilines is 2. The fourth-order valence-corrected chi connectivity index (χ4v) is 4.52. The van der Waals surface area contributed by atoms with Crippen molar-refractivity contribution in [3.05, 3.63) is 58.1 Å². The van der Waals surface area contributed by atoms with E-state index in [1.165, 1.54) is 12.1 Å². The third kappa shape index (κ3) is 6.44. The number of aliphatic hydroxyl groups excluding tert-OH is 1. The molecule has 0 spiro atoms. The summed E-state index contributed by atoms with van der Waals surface area (Å²) in [7, 11) is 0. The molecule has 0 aromatic heterocycles. The van der Waals surface area contributed by atoms with Gasteiger partial charge >= 0.3 is 6.18 Å². The van der Waals surface area contributed by atoms with Gasteiger partial charge < -0.3 is 15.3 Å². The maximum Gasteiger partial charge on any atom is 0.390 e. The van der Waals surface area contributed by atoms with Crippen LogP contribution in [-0.2, 0) is 6.54 Å². The van der Waals surface area contributed by atoms with Crippen molar-refractivity contribution >= 4 is 28.9 Å². The molecular weight excluding hydrogens is 507 g/mol. The molecule has 0 saturated carbocycles. The number of nitrogens with one attached hydrogen (secondary N) is 1. The molecule has 2 fully saturated rings. The number of amides is 1. The summed E-state index contributed by atoms with van der Waals surface area (Å²) in [4.78, 5) is 18.2. The molecule has 0 bridgehead atoms. The first-order valence-corrected chi connectivity index (χ1v) is 11.9. The number of benzene rings is 2. The van der Waals surface area contributed by atoms with Crippen LogP contribution in [0.25, 0.3) is 0 Å². The van der Waals surface area contributed by atoms with Crippen molar-refractivity contribution in [2.75, 3.05) is 56.0 Å². The number of hydrogen-bond acceptors (Lipinski definition) is 5. The molecule has 0 unspecified atom stereocenters. The Labute approximate surface area is 210 Å². The second kappa shape index (κ2) is 10.9. The van der Waals surface area contributed by atoms with Gasteiger partial charge in [0.25, 0.3) is 5.91 Å². The van der Waals surface area contributed by atoms with Crippen LogP contribution in [0.15, 0.2) is 30.3 Å². The lowest BCUT2D eigenvalue weighted by molar-refractivity contribution is -0.138. The third-order valence-corrected chi connectivity index (χ3v) is 6.61. The molecule has 6 nitrogen and oxygen atoms in total. The van der Waals surface area contributed by atoms with E-state index in [4.69, 9.17) is 11.6 Å². The summed E-state index contributed by atoms with van der Waals surface area (Å²) >= 11 is 6.14. The van der Waals surface area contributed by atoms with Crippen LogP contribution in [0.2, 0.25) is 5.02 Å². The number of alkyl halides is 3. The average molecular weight is 533 g/mol. The van der Waals surface area contributed by atoms with Crippen LogP contribution >= 0.6 is 11.6 Å². The number of carbonyl (C=O) groups is 1. The van der Waals surface area contributed by atoms with E-state index >= 15 is 0 Å². The van der Waals surface area contributed by atoms with Crippen LogP contribution in [0.5, 0.6) is 0 Å². The van der Waals surface area contributed by atoms with Crippen molar-refractivity contribution in [2.45, 2.75) is 25.2 Å².